The third-order valence-electron chi connectivity index (χ3n) is 0.357. The Kier molecular flexibility index (Phi) is 137. The quantitative estimate of drug-likeness (QED) is 0.415. The summed E-state index contributed by atoms with van der Waals surface area (Å²) in [6.07, 6.45) is -1.23. The number of carboxylic acids is 1. The van der Waals surface area contributed by atoms with Crippen LogP contribution in [0.25, 0.3) is 0 Å². The predicted octanol–water partition coefficient (Wildman–Crippen LogP) is -5.05. The van der Waals surface area contributed by atoms with Crippen molar-refractivity contribution in [1.29, 1.82) is 0 Å². The number of aliphatic hydroxyl groups excluding tert-OH is 1. The smallest absolute Gasteiger partial charge is 0.332 e. The van der Waals surface area contributed by atoms with Crippen LogP contribution in [-0.4, -0.2) is 87.4 Å². The first-order chi connectivity index (χ1) is 2.64. The van der Waals surface area contributed by atoms with E-state index in [4.69, 9.17) is 10.2 Å². The maximum absolute atomic E-state index is 9.45. The number of hydrogen-bond acceptors (Lipinski definition) is 2. The molecule has 1 unspecified atom stereocenters. The van der Waals surface area contributed by atoms with Crippen molar-refractivity contribution in [2.75, 3.05) is 0 Å². The summed E-state index contributed by atoms with van der Waals surface area (Å²) in [4.78, 5) is 9.45. The van der Waals surface area contributed by atoms with Gasteiger partial charge in [-0.1, -0.05) is 0 Å². The molecule has 0 aliphatic heterocycles. The average Bonchev–Trinajstić information content (AvgIpc) is 1.36. The van der Waals surface area contributed by atoms with Gasteiger partial charge in [-0.15, -0.1) is 0 Å². The summed E-state index contributed by atoms with van der Waals surface area (Å²) in [5.74, 6) is -1.19. The van der Waals surface area contributed by atoms with Crippen LogP contribution in [0.1, 0.15) is 6.92 Å². The number of carboxylic acid groups (broad SMARTS) is 1. The van der Waals surface area contributed by atoms with Gasteiger partial charge in [-0.3, -0.25) is 0 Å². The molecule has 9 heteroatoms. The SMILES string of the molecule is CC(O)C(=O)O.O.O.O.O.O.[Ca]. The van der Waals surface area contributed by atoms with Crippen LogP contribution < -0.4 is 0 Å². The molecule has 0 rings (SSSR count). The maximum Gasteiger partial charge on any atom is 0.332 e. The van der Waals surface area contributed by atoms with E-state index < -0.39 is 12.1 Å². The number of aliphatic hydroxyl groups is 1. The molecule has 0 fully saturated rings. The zero-order chi connectivity index (χ0) is 5.15. The van der Waals surface area contributed by atoms with E-state index in [-0.39, 0.29) is 65.1 Å². The van der Waals surface area contributed by atoms with Gasteiger partial charge >= 0.3 is 5.97 Å². The van der Waals surface area contributed by atoms with Crippen molar-refractivity contribution < 1.29 is 42.4 Å². The Morgan fingerprint density at radius 2 is 1.17 bits per heavy atom. The molecule has 12 N–H and O–H groups in total. The average molecular weight is 220 g/mol. The number of aliphatic carboxylic acids is 1. The summed E-state index contributed by atoms with van der Waals surface area (Å²) < 4.78 is 0. The van der Waals surface area contributed by atoms with Gasteiger partial charge < -0.3 is 37.6 Å². The van der Waals surface area contributed by atoms with Gasteiger partial charge in [0.2, 0.25) is 0 Å². The molecule has 8 nitrogen and oxygen atoms in total. The van der Waals surface area contributed by atoms with Crippen LogP contribution in [0.2, 0.25) is 0 Å². The number of carbonyl (C=O) groups is 1. The minimum Gasteiger partial charge on any atom is -0.479 e. The molecule has 0 saturated carbocycles. The van der Waals surface area contributed by atoms with Crippen molar-refractivity contribution in [3.05, 3.63) is 0 Å². The third-order valence-corrected chi connectivity index (χ3v) is 0.357. The second-order valence-corrected chi connectivity index (χ2v) is 1.01. The molecule has 0 heterocycles. The molecule has 0 bridgehead atoms. The zero-order valence-corrected chi connectivity index (χ0v) is 8.80. The van der Waals surface area contributed by atoms with E-state index in [1.807, 2.05) is 0 Å². The van der Waals surface area contributed by atoms with Gasteiger partial charge in [0.25, 0.3) is 0 Å². The molecule has 12 heavy (non-hydrogen) atoms. The van der Waals surface area contributed by atoms with E-state index in [1.165, 1.54) is 6.92 Å². The van der Waals surface area contributed by atoms with Crippen LogP contribution in [0.4, 0.5) is 0 Å². The summed E-state index contributed by atoms with van der Waals surface area (Å²) in [6, 6.07) is 0. The second-order valence-electron chi connectivity index (χ2n) is 1.01. The van der Waals surface area contributed by atoms with Gasteiger partial charge in [0.1, 0.15) is 6.10 Å². The number of rotatable bonds is 1. The Balaban J connectivity index is -0.00000000833. The van der Waals surface area contributed by atoms with E-state index in [0.717, 1.165) is 0 Å². The molecule has 1 atom stereocenters. The Bertz CT molecular complexity index is 65.3. The third kappa shape index (κ3) is 46.9. The van der Waals surface area contributed by atoms with Gasteiger partial charge in [-0.25, -0.2) is 4.79 Å². The molecule has 0 spiro atoms. The van der Waals surface area contributed by atoms with E-state index >= 15 is 0 Å². The topological polar surface area (TPSA) is 215 Å². The van der Waals surface area contributed by atoms with Gasteiger partial charge in [-0.2, -0.15) is 0 Å². The molecule has 2 radical (unpaired) electrons. The zero-order valence-electron chi connectivity index (χ0n) is 6.59. The molecular weight excluding hydrogens is 204 g/mol. The first-order valence-corrected chi connectivity index (χ1v) is 1.55. The summed E-state index contributed by atoms with van der Waals surface area (Å²) in [5.41, 5.74) is 0. The fourth-order valence-electron chi connectivity index (χ4n) is 0. The fraction of sp³-hybridized carbons (Fsp3) is 0.667. The van der Waals surface area contributed by atoms with Crippen molar-refractivity contribution in [2.24, 2.45) is 0 Å². The van der Waals surface area contributed by atoms with E-state index in [1.54, 1.807) is 0 Å². The molecule has 0 amide bonds. The van der Waals surface area contributed by atoms with Crippen LogP contribution in [0.5, 0.6) is 0 Å². The van der Waals surface area contributed by atoms with Crippen molar-refractivity contribution in [2.45, 2.75) is 13.0 Å². The summed E-state index contributed by atoms with van der Waals surface area (Å²) in [5, 5.41) is 15.8. The molecule has 0 saturated heterocycles. The van der Waals surface area contributed by atoms with Crippen molar-refractivity contribution >= 4 is 43.7 Å². The minimum atomic E-state index is -1.23. The fourth-order valence-corrected chi connectivity index (χ4v) is 0. The van der Waals surface area contributed by atoms with Gasteiger partial charge in [0.15, 0.2) is 0 Å². The summed E-state index contributed by atoms with van der Waals surface area (Å²) >= 11 is 0. The van der Waals surface area contributed by atoms with Crippen LogP contribution in [0.15, 0.2) is 0 Å². The molecule has 78 valence electrons. The van der Waals surface area contributed by atoms with E-state index in [0.29, 0.717) is 0 Å². The maximum atomic E-state index is 9.45. The number of hydrogen-bond donors (Lipinski definition) is 2. The van der Waals surface area contributed by atoms with E-state index in [9.17, 15) is 4.79 Å². The molecule has 0 aromatic rings. The van der Waals surface area contributed by atoms with Crippen LogP contribution >= 0.6 is 0 Å². The van der Waals surface area contributed by atoms with Gasteiger partial charge in [-0.05, 0) is 6.92 Å². The predicted molar refractivity (Wildman–Crippen MR) is 43.1 cm³/mol. The normalized spacial score (nSPS) is 6.83. The largest absolute Gasteiger partial charge is 0.479 e. The first-order valence-electron chi connectivity index (χ1n) is 1.55. The summed E-state index contributed by atoms with van der Waals surface area (Å²) in [6.45, 7) is 1.20. The van der Waals surface area contributed by atoms with Crippen LogP contribution in [-0.2, 0) is 4.79 Å². The van der Waals surface area contributed by atoms with Gasteiger partial charge in [0, 0.05) is 37.7 Å². The van der Waals surface area contributed by atoms with Gasteiger partial charge in [0.05, 0.1) is 0 Å². The van der Waals surface area contributed by atoms with E-state index in [2.05, 4.69) is 0 Å². The minimum absolute atomic E-state index is 0. The van der Waals surface area contributed by atoms with Crippen LogP contribution in [0, 0.1) is 0 Å². The standard InChI is InChI=1S/C3H6O3.Ca.5H2O/c1-2(4)3(5)6;;;;;;/h2,4H,1H3,(H,5,6);;5*1H2. The first kappa shape index (κ1) is 54.7. The Labute approximate surface area is 98.7 Å². The molecule has 0 aliphatic rings. The Morgan fingerprint density at radius 3 is 1.17 bits per heavy atom. The molecule has 0 aromatic carbocycles. The molecule has 0 aromatic heterocycles. The summed E-state index contributed by atoms with van der Waals surface area (Å²) in [7, 11) is 0. The van der Waals surface area contributed by atoms with Crippen molar-refractivity contribution in [1.82, 2.24) is 0 Å². The van der Waals surface area contributed by atoms with Crippen molar-refractivity contribution in [3.63, 3.8) is 0 Å². The van der Waals surface area contributed by atoms with Crippen molar-refractivity contribution in [3.8, 4) is 0 Å². The molecular formula is C3H16CaO8. The van der Waals surface area contributed by atoms with Crippen LogP contribution in [0.3, 0.4) is 0 Å². The Hall–Kier alpha value is 0.490. The molecule has 0 aliphatic carbocycles. The Morgan fingerprint density at radius 1 is 1.08 bits per heavy atom. The second kappa shape index (κ2) is 30.0. The monoisotopic (exact) mass is 220 g/mol.